The Morgan fingerprint density at radius 3 is 2.80 bits per heavy atom. The Kier molecular flexibility index (Phi) is 3.19. The average molecular weight is 278 g/mol. The van der Waals surface area contributed by atoms with E-state index in [-0.39, 0.29) is 18.4 Å². The number of aromatic nitrogens is 2. The minimum absolute atomic E-state index is 0.00810. The van der Waals surface area contributed by atoms with Gasteiger partial charge in [-0.15, -0.1) is 0 Å². The van der Waals surface area contributed by atoms with Gasteiger partial charge >= 0.3 is 0 Å². The number of nitrogens with one attached hydrogen (secondary N) is 1. The van der Waals surface area contributed by atoms with Gasteiger partial charge < -0.3 is 14.7 Å². The van der Waals surface area contributed by atoms with Gasteiger partial charge in [-0.2, -0.15) is 4.98 Å². The van der Waals surface area contributed by atoms with Gasteiger partial charge in [0.1, 0.15) is 11.6 Å². The quantitative estimate of drug-likeness (QED) is 0.875. The van der Waals surface area contributed by atoms with Gasteiger partial charge in [0, 0.05) is 0 Å². The zero-order chi connectivity index (χ0) is 14.2. The molecule has 1 unspecified atom stereocenters. The molecule has 3 rings (SSSR count). The highest BCUT2D eigenvalue weighted by Crippen LogP contribution is 2.35. The van der Waals surface area contributed by atoms with Gasteiger partial charge in [-0.25, -0.2) is 0 Å². The highest BCUT2D eigenvalue weighted by atomic mass is 16.5. The monoisotopic (exact) mass is 278 g/mol. The first-order valence-electron chi connectivity index (χ1n) is 7.04. The number of piperazine rings is 1. The summed E-state index contributed by atoms with van der Waals surface area (Å²) < 4.78 is 4.70. The van der Waals surface area contributed by atoms with E-state index in [9.17, 15) is 9.59 Å². The van der Waals surface area contributed by atoms with Crippen LogP contribution in [0.2, 0.25) is 0 Å². The number of rotatable bonds is 3. The topological polar surface area (TPSA) is 88.3 Å². The summed E-state index contributed by atoms with van der Waals surface area (Å²) >= 11 is 0. The van der Waals surface area contributed by atoms with E-state index in [0.29, 0.717) is 12.2 Å². The van der Waals surface area contributed by atoms with Crippen molar-refractivity contribution >= 4 is 11.8 Å². The molecule has 1 saturated carbocycles. The van der Waals surface area contributed by atoms with Crippen LogP contribution in [0.15, 0.2) is 10.9 Å². The van der Waals surface area contributed by atoms with Crippen molar-refractivity contribution in [2.75, 3.05) is 0 Å². The maximum absolute atomic E-state index is 12.8. The molecule has 1 N–H and O–H groups in total. The lowest BCUT2D eigenvalue weighted by Gasteiger charge is -2.43. The Morgan fingerprint density at radius 1 is 1.45 bits per heavy atom. The second-order valence-electron chi connectivity index (χ2n) is 5.48. The number of hydrogen-bond acceptors (Lipinski definition) is 5. The molecule has 2 aliphatic rings. The Bertz CT molecular complexity index is 508. The van der Waals surface area contributed by atoms with E-state index in [4.69, 9.17) is 4.52 Å². The second-order valence-corrected chi connectivity index (χ2v) is 5.48. The van der Waals surface area contributed by atoms with Gasteiger partial charge in [0.25, 0.3) is 0 Å². The van der Waals surface area contributed by atoms with Crippen LogP contribution in [0, 0.1) is 0 Å². The first-order chi connectivity index (χ1) is 9.66. The molecule has 20 heavy (non-hydrogen) atoms. The Morgan fingerprint density at radius 2 is 2.20 bits per heavy atom. The van der Waals surface area contributed by atoms with E-state index in [1.165, 1.54) is 6.39 Å². The molecule has 7 nitrogen and oxygen atoms in total. The second kappa shape index (κ2) is 4.88. The minimum atomic E-state index is -0.702. The lowest BCUT2D eigenvalue weighted by Crippen LogP contribution is -2.69. The molecule has 2 fully saturated rings. The number of carbonyl (C=O) groups excluding carboxylic acids is 2. The molecule has 1 spiro atoms. The average Bonchev–Trinajstić information content (AvgIpc) is 3.08. The Balaban J connectivity index is 1.89. The number of nitrogens with zero attached hydrogens (tertiary/aromatic N) is 3. The van der Waals surface area contributed by atoms with Gasteiger partial charge in [0.2, 0.25) is 18.2 Å². The molecular formula is C13H18N4O3. The zero-order valence-electron chi connectivity index (χ0n) is 11.5. The summed E-state index contributed by atoms with van der Waals surface area (Å²) in [7, 11) is 0. The Labute approximate surface area is 116 Å². The van der Waals surface area contributed by atoms with E-state index >= 15 is 0 Å². The van der Waals surface area contributed by atoms with Crippen molar-refractivity contribution in [2.24, 2.45) is 0 Å². The first-order valence-corrected chi connectivity index (χ1v) is 7.04. The number of amides is 2. The number of hydrogen-bond donors (Lipinski definition) is 1. The van der Waals surface area contributed by atoms with E-state index in [1.54, 1.807) is 4.90 Å². The van der Waals surface area contributed by atoms with Crippen molar-refractivity contribution in [1.82, 2.24) is 20.4 Å². The largest absolute Gasteiger partial charge is 0.343 e. The van der Waals surface area contributed by atoms with Gasteiger partial charge in [-0.05, 0) is 19.3 Å². The van der Waals surface area contributed by atoms with Crippen LogP contribution in [-0.2, 0) is 16.1 Å². The predicted molar refractivity (Wildman–Crippen MR) is 68.3 cm³/mol. The van der Waals surface area contributed by atoms with E-state index in [2.05, 4.69) is 15.5 Å². The van der Waals surface area contributed by atoms with E-state index in [1.807, 2.05) is 6.92 Å². The molecule has 0 bridgehead atoms. The van der Waals surface area contributed by atoms with Crippen LogP contribution in [0.25, 0.3) is 0 Å². The normalized spacial score (nSPS) is 25.2. The lowest BCUT2D eigenvalue weighted by molar-refractivity contribution is -0.155. The standard InChI is InChI=1S/C13H18N4O3/c1-2-9-11(18)15-13(5-3-4-6-13)12(19)17(9)7-10-14-8-20-16-10/h8-9H,2-7H2,1H3,(H,15,18). The molecule has 1 aliphatic carbocycles. The summed E-state index contributed by atoms with van der Waals surface area (Å²) in [6.45, 7) is 2.12. The lowest BCUT2D eigenvalue weighted by atomic mass is 9.90. The summed E-state index contributed by atoms with van der Waals surface area (Å²) in [6.07, 6.45) is 5.19. The summed E-state index contributed by atoms with van der Waals surface area (Å²) in [4.78, 5) is 30.7. The molecular weight excluding hydrogens is 260 g/mol. The van der Waals surface area contributed by atoms with Crippen molar-refractivity contribution in [3.8, 4) is 0 Å². The maximum Gasteiger partial charge on any atom is 0.249 e. The molecule has 1 aliphatic heterocycles. The fourth-order valence-electron chi connectivity index (χ4n) is 3.25. The summed E-state index contributed by atoms with van der Waals surface area (Å²) in [5, 5.41) is 6.70. The van der Waals surface area contributed by atoms with Crippen LogP contribution < -0.4 is 5.32 Å². The van der Waals surface area contributed by atoms with Gasteiger partial charge in [-0.3, -0.25) is 9.59 Å². The van der Waals surface area contributed by atoms with E-state index in [0.717, 1.165) is 25.7 Å². The van der Waals surface area contributed by atoms with Gasteiger partial charge in [-0.1, -0.05) is 24.9 Å². The molecule has 1 aromatic rings. The zero-order valence-corrected chi connectivity index (χ0v) is 11.5. The van der Waals surface area contributed by atoms with E-state index < -0.39 is 11.6 Å². The third-order valence-electron chi connectivity index (χ3n) is 4.27. The van der Waals surface area contributed by atoms with Crippen molar-refractivity contribution in [3.05, 3.63) is 12.2 Å². The summed E-state index contributed by atoms with van der Waals surface area (Å²) in [5.41, 5.74) is -0.702. The molecule has 1 atom stereocenters. The minimum Gasteiger partial charge on any atom is -0.343 e. The van der Waals surface area contributed by atoms with Crippen molar-refractivity contribution in [2.45, 2.75) is 57.2 Å². The van der Waals surface area contributed by atoms with Crippen LogP contribution in [-0.4, -0.2) is 38.4 Å². The molecule has 108 valence electrons. The van der Waals surface area contributed by atoms with Crippen LogP contribution in [0.4, 0.5) is 0 Å². The van der Waals surface area contributed by atoms with Crippen molar-refractivity contribution < 1.29 is 14.1 Å². The highest BCUT2D eigenvalue weighted by molar-refractivity contribution is 5.99. The predicted octanol–water partition coefficient (Wildman–Crippen LogP) is 0.619. The SMILES string of the molecule is CCC1C(=O)NC2(CCCC2)C(=O)N1Cc1ncon1. The first kappa shape index (κ1) is 13.1. The summed E-state index contributed by atoms with van der Waals surface area (Å²) in [6, 6.07) is -0.452. The third-order valence-corrected chi connectivity index (χ3v) is 4.27. The van der Waals surface area contributed by atoms with Gasteiger partial charge in [0.15, 0.2) is 5.82 Å². The molecule has 2 heterocycles. The van der Waals surface area contributed by atoms with Crippen molar-refractivity contribution in [1.29, 1.82) is 0 Å². The fourth-order valence-corrected chi connectivity index (χ4v) is 3.25. The molecule has 0 aromatic carbocycles. The number of carbonyl (C=O) groups is 2. The third kappa shape index (κ3) is 1.97. The van der Waals surface area contributed by atoms with Crippen LogP contribution in [0.5, 0.6) is 0 Å². The maximum atomic E-state index is 12.8. The molecule has 1 saturated heterocycles. The van der Waals surface area contributed by atoms with Crippen LogP contribution >= 0.6 is 0 Å². The fraction of sp³-hybridized carbons (Fsp3) is 0.692. The highest BCUT2D eigenvalue weighted by Gasteiger charge is 2.51. The molecule has 2 amide bonds. The summed E-state index contributed by atoms with van der Waals surface area (Å²) in [5.74, 6) is 0.350. The smallest absolute Gasteiger partial charge is 0.249 e. The molecule has 1 aromatic heterocycles. The van der Waals surface area contributed by atoms with Crippen LogP contribution in [0.3, 0.4) is 0 Å². The Hall–Kier alpha value is -1.92. The van der Waals surface area contributed by atoms with Crippen LogP contribution in [0.1, 0.15) is 44.9 Å². The van der Waals surface area contributed by atoms with Crippen molar-refractivity contribution in [3.63, 3.8) is 0 Å². The molecule has 7 heteroatoms. The molecule has 0 radical (unpaired) electrons. The van der Waals surface area contributed by atoms with Gasteiger partial charge in [0.05, 0.1) is 6.54 Å².